The lowest BCUT2D eigenvalue weighted by molar-refractivity contribution is -0.119. The second kappa shape index (κ2) is 8.82. The van der Waals surface area contributed by atoms with Crippen molar-refractivity contribution in [2.75, 3.05) is 24.5 Å². The molecule has 25 heavy (non-hydrogen) atoms. The van der Waals surface area contributed by atoms with E-state index < -0.39 is 18.7 Å². The van der Waals surface area contributed by atoms with Crippen LogP contribution in [0.25, 0.3) is 0 Å². The number of likely N-dealkylation sites (tertiary alicyclic amines) is 1. The Hall–Kier alpha value is -2.13. The number of amides is 1. The minimum Gasteiger partial charge on any atom is -0.309 e. The van der Waals surface area contributed by atoms with E-state index in [4.69, 9.17) is 5.48 Å². The minimum atomic E-state index is -1.95. The Kier molecular flexibility index (Phi) is 4.63. The van der Waals surface area contributed by atoms with E-state index in [2.05, 4.69) is 4.90 Å². The van der Waals surface area contributed by atoms with E-state index in [1.807, 2.05) is 60.7 Å². The lowest BCUT2D eigenvalue weighted by atomic mass is 10.0. The number of anilines is 1. The highest BCUT2D eigenvalue weighted by Gasteiger charge is 2.28. The zero-order chi connectivity index (χ0) is 21.1. The van der Waals surface area contributed by atoms with Gasteiger partial charge in [0.1, 0.15) is 0 Å². The number of rotatable bonds is 6. The predicted molar refractivity (Wildman–Crippen MR) is 104 cm³/mol. The Morgan fingerprint density at radius 3 is 2.28 bits per heavy atom. The molecule has 2 aromatic rings. The van der Waals surface area contributed by atoms with Crippen molar-refractivity contribution in [3.63, 3.8) is 0 Å². The topological polar surface area (TPSA) is 23.6 Å². The van der Waals surface area contributed by atoms with Crippen LogP contribution in [0.3, 0.4) is 0 Å². The van der Waals surface area contributed by atoms with Crippen molar-refractivity contribution in [2.24, 2.45) is 0 Å². The molecule has 1 fully saturated rings. The first kappa shape index (κ1) is 13.1. The molecule has 132 valence electrons. The van der Waals surface area contributed by atoms with E-state index >= 15 is 0 Å². The molecule has 0 spiro atoms. The van der Waals surface area contributed by atoms with E-state index in [9.17, 15) is 4.79 Å². The second-order valence-electron chi connectivity index (χ2n) is 6.31. The summed E-state index contributed by atoms with van der Waals surface area (Å²) in [6.45, 7) is 2.94. The molecule has 1 saturated heterocycles. The van der Waals surface area contributed by atoms with Crippen LogP contribution in [0.2, 0.25) is 0 Å². The molecule has 0 unspecified atom stereocenters. The van der Waals surface area contributed by atoms with Crippen LogP contribution in [0.5, 0.6) is 0 Å². The molecule has 0 atom stereocenters. The SMILES string of the molecule is [2H]C([2H])(C)C(=O)N(c1ccccc1)C1CCN(CC([2H])([2H])c2ccccc2)CC1. The number of piperidine rings is 1. The molecule has 0 bridgehead atoms. The van der Waals surface area contributed by atoms with Crippen LogP contribution in [0, 0.1) is 0 Å². The second-order valence-corrected chi connectivity index (χ2v) is 6.31. The van der Waals surface area contributed by atoms with E-state index in [-0.39, 0.29) is 6.04 Å². The molecular weight excluding hydrogens is 308 g/mol. The van der Waals surface area contributed by atoms with Crippen molar-refractivity contribution < 1.29 is 10.3 Å². The van der Waals surface area contributed by atoms with Gasteiger partial charge in [0.25, 0.3) is 0 Å². The molecule has 1 aliphatic heterocycles. The first-order valence-corrected chi connectivity index (χ1v) is 8.85. The molecule has 0 saturated carbocycles. The lowest BCUT2D eigenvalue weighted by Gasteiger charge is -2.38. The maximum atomic E-state index is 12.8. The average Bonchev–Trinajstić information content (AvgIpc) is 2.70. The summed E-state index contributed by atoms with van der Waals surface area (Å²) in [5, 5.41) is 0. The van der Waals surface area contributed by atoms with Crippen LogP contribution in [-0.4, -0.2) is 36.5 Å². The van der Waals surface area contributed by atoms with Crippen LogP contribution in [-0.2, 0) is 11.2 Å². The van der Waals surface area contributed by atoms with Crippen molar-refractivity contribution in [1.29, 1.82) is 0 Å². The van der Waals surface area contributed by atoms with Crippen molar-refractivity contribution >= 4 is 11.6 Å². The van der Waals surface area contributed by atoms with Gasteiger partial charge in [0.05, 0.1) is 0 Å². The number of hydrogen-bond donors (Lipinski definition) is 0. The normalized spacial score (nSPS) is 19.4. The fourth-order valence-electron chi connectivity index (χ4n) is 3.30. The summed E-state index contributed by atoms with van der Waals surface area (Å²) in [6.07, 6.45) is -2.02. The number of nitrogens with zero attached hydrogens (tertiary/aromatic N) is 2. The monoisotopic (exact) mass is 340 g/mol. The van der Waals surface area contributed by atoms with Gasteiger partial charge in [-0.25, -0.2) is 0 Å². The van der Waals surface area contributed by atoms with Gasteiger partial charge in [0, 0.05) is 43.2 Å². The summed E-state index contributed by atoms with van der Waals surface area (Å²) < 4.78 is 32.7. The molecule has 0 aliphatic carbocycles. The maximum Gasteiger partial charge on any atom is 0.226 e. The number of carbonyl (C=O) groups excluding carboxylic acids is 1. The molecule has 1 amide bonds. The average molecular weight is 341 g/mol. The standard InChI is InChI=1S/C22H28N2O/c1-2-22(25)24(20-11-7-4-8-12-20)21-14-17-23(18-15-21)16-13-19-9-5-3-6-10-19/h3-12,21H,2,13-18H2,1H3/i2D2,13D2. The molecule has 0 N–H and O–H groups in total. The van der Waals surface area contributed by atoms with Gasteiger partial charge in [-0.1, -0.05) is 55.5 Å². The summed E-state index contributed by atoms with van der Waals surface area (Å²) in [5.41, 5.74) is 1.38. The van der Waals surface area contributed by atoms with Gasteiger partial charge in [0.2, 0.25) is 5.91 Å². The molecular formula is C22H28N2O. The molecule has 3 heteroatoms. The molecule has 3 rings (SSSR count). The number of para-hydroxylation sites is 1. The molecule has 2 aromatic carbocycles. The van der Waals surface area contributed by atoms with Crippen molar-refractivity contribution in [2.45, 2.75) is 38.6 Å². The number of hydrogen-bond acceptors (Lipinski definition) is 2. The fraction of sp³-hybridized carbons (Fsp3) is 0.409. The summed E-state index contributed by atoms with van der Waals surface area (Å²) in [7, 11) is 0. The third-order valence-corrected chi connectivity index (χ3v) is 4.67. The zero-order valence-electron chi connectivity index (χ0n) is 18.7. The van der Waals surface area contributed by atoms with Crippen LogP contribution < -0.4 is 4.90 Å². The van der Waals surface area contributed by atoms with Crippen molar-refractivity contribution in [3.8, 4) is 0 Å². The summed E-state index contributed by atoms with van der Waals surface area (Å²) in [4.78, 5) is 16.5. The van der Waals surface area contributed by atoms with Gasteiger partial charge in [-0.15, -0.1) is 0 Å². The van der Waals surface area contributed by atoms with E-state index in [0.29, 0.717) is 43.7 Å². The van der Waals surface area contributed by atoms with Crippen molar-refractivity contribution in [3.05, 3.63) is 66.2 Å². The number of benzene rings is 2. The smallest absolute Gasteiger partial charge is 0.226 e. The van der Waals surface area contributed by atoms with Crippen LogP contribution in [0.4, 0.5) is 5.69 Å². The van der Waals surface area contributed by atoms with Gasteiger partial charge < -0.3 is 9.80 Å². The molecule has 1 heterocycles. The third-order valence-electron chi connectivity index (χ3n) is 4.67. The van der Waals surface area contributed by atoms with Gasteiger partial charge in [-0.05, 0) is 36.9 Å². The summed E-state index contributed by atoms with van der Waals surface area (Å²) in [6, 6.07) is 18.4. The van der Waals surface area contributed by atoms with Crippen LogP contribution in [0.1, 0.15) is 37.2 Å². The minimum absolute atomic E-state index is 0.0984. The summed E-state index contributed by atoms with van der Waals surface area (Å²) >= 11 is 0. The van der Waals surface area contributed by atoms with Crippen LogP contribution >= 0.6 is 0 Å². The Bertz CT molecular complexity index is 801. The Morgan fingerprint density at radius 1 is 1.08 bits per heavy atom. The zero-order valence-corrected chi connectivity index (χ0v) is 14.7. The van der Waals surface area contributed by atoms with Gasteiger partial charge in [-0.3, -0.25) is 4.79 Å². The highest BCUT2D eigenvalue weighted by Crippen LogP contribution is 2.24. The van der Waals surface area contributed by atoms with Gasteiger partial charge in [0.15, 0.2) is 0 Å². The highest BCUT2D eigenvalue weighted by atomic mass is 16.2. The van der Waals surface area contributed by atoms with Gasteiger partial charge >= 0.3 is 0 Å². The largest absolute Gasteiger partial charge is 0.309 e. The molecule has 3 nitrogen and oxygen atoms in total. The molecule has 0 aromatic heterocycles. The van der Waals surface area contributed by atoms with E-state index in [0.717, 1.165) is 0 Å². The van der Waals surface area contributed by atoms with Crippen molar-refractivity contribution in [1.82, 2.24) is 4.90 Å². The lowest BCUT2D eigenvalue weighted by Crippen LogP contribution is -2.47. The van der Waals surface area contributed by atoms with Crippen LogP contribution in [0.15, 0.2) is 60.7 Å². The maximum absolute atomic E-state index is 12.8. The number of carbonyl (C=O) groups is 1. The summed E-state index contributed by atoms with van der Waals surface area (Å²) in [5.74, 6) is -0.526. The first-order valence-electron chi connectivity index (χ1n) is 10.8. The van der Waals surface area contributed by atoms with E-state index in [1.165, 1.54) is 6.92 Å². The Balaban J connectivity index is 1.69. The predicted octanol–water partition coefficient (Wildman–Crippen LogP) is 4.14. The van der Waals surface area contributed by atoms with Gasteiger partial charge in [-0.2, -0.15) is 0 Å². The fourth-order valence-corrected chi connectivity index (χ4v) is 3.30. The molecule has 0 radical (unpaired) electrons. The highest BCUT2D eigenvalue weighted by molar-refractivity contribution is 5.93. The molecule has 1 aliphatic rings. The Morgan fingerprint density at radius 2 is 1.68 bits per heavy atom. The third kappa shape index (κ3) is 4.70. The quantitative estimate of drug-likeness (QED) is 0.789. The Labute approximate surface area is 156 Å². The van der Waals surface area contributed by atoms with E-state index in [1.54, 1.807) is 4.90 Å². The first-order chi connectivity index (χ1) is 13.7.